The van der Waals surface area contributed by atoms with Gasteiger partial charge in [-0.25, -0.2) is 0 Å². The predicted octanol–water partition coefficient (Wildman–Crippen LogP) is 4.55. The Kier molecular flexibility index (Phi) is 25.5. The van der Waals surface area contributed by atoms with Gasteiger partial charge in [-0.3, -0.25) is 0 Å². The Balaban J connectivity index is 0. The van der Waals surface area contributed by atoms with Crippen molar-refractivity contribution >= 4 is 129 Å². The summed E-state index contributed by atoms with van der Waals surface area (Å²) in [7, 11) is 0. The monoisotopic (exact) mass is 899 g/mol. The van der Waals surface area contributed by atoms with Gasteiger partial charge in [0.25, 0.3) is 0 Å². The normalized spacial score (nSPS) is 6.75. The van der Waals surface area contributed by atoms with Crippen molar-refractivity contribution in [1.29, 1.82) is 0 Å². The van der Waals surface area contributed by atoms with Crippen molar-refractivity contribution in [2.24, 2.45) is 0 Å². The SMILES string of the molecule is [I][Ga]([I])[I].[I][Ga]([I])[I]. The summed E-state index contributed by atoms with van der Waals surface area (Å²) in [6, 6.07) is 0. The molecule has 0 spiro atoms. The molecule has 0 saturated carbocycles. The summed E-state index contributed by atoms with van der Waals surface area (Å²) < 4.78 is 0. The van der Waals surface area contributed by atoms with E-state index >= 15 is 0 Å². The number of hydrogen-bond acceptors (Lipinski definition) is 0. The Labute approximate surface area is 124 Å². The molecular formula is Ga2I6. The molecule has 8 heavy (non-hydrogen) atoms. The van der Waals surface area contributed by atoms with Gasteiger partial charge in [-0.15, -0.1) is 0 Å². The van der Waals surface area contributed by atoms with Crippen LogP contribution in [0.5, 0.6) is 0 Å². The second-order valence-electron chi connectivity index (χ2n) is 0.495. The van der Waals surface area contributed by atoms with Gasteiger partial charge in [0.1, 0.15) is 0 Å². The van der Waals surface area contributed by atoms with E-state index in [0.29, 0.717) is 0 Å². The number of hydrogen-bond donors (Lipinski definition) is 0. The first-order valence-electron chi connectivity index (χ1n) is 1.31. The summed E-state index contributed by atoms with van der Waals surface area (Å²) in [4.78, 5) is 0. The molecule has 0 aromatic rings. The quantitative estimate of drug-likeness (QED) is 0.248. The van der Waals surface area contributed by atoms with Crippen molar-refractivity contribution in [3.05, 3.63) is 0 Å². The van der Waals surface area contributed by atoms with Crippen LogP contribution in [-0.4, -0.2) is 11.2 Å². The zero-order chi connectivity index (χ0) is 7.15. The van der Waals surface area contributed by atoms with Crippen LogP contribution in [-0.2, 0) is 0 Å². The summed E-state index contributed by atoms with van der Waals surface area (Å²) in [5.41, 5.74) is -1.14. The van der Waals surface area contributed by atoms with Crippen molar-refractivity contribution in [2.75, 3.05) is 0 Å². The molecule has 0 aliphatic rings. The number of rotatable bonds is 0. The average molecular weight is 901 g/mol. The molecule has 8 heteroatoms. The van der Waals surface area contributed by atoms with E-state index in [1.54, 1.807) is 0 Å². The molecule has 0 heterocycles. The molecule has 0 aliphatic heterocycles. The van der Waals surface area contributed by atoms with Crippen LogP contribution in [0.4, 0.5) is 0 Å². The third-order valence-electron chi connectivity index (χ3n) is 0. The average Bonchev–Trinajstić information content (AvgIpc) is 1.25. The molecule has 0 radical (unpaired) electrons. The molecular weight excluding hydrogens is 901 g/mol. The minimum atomic E-state index is -0.569. The van der Waals surface area contributed by atoms with E-state index in [-0.39, 0.29) is 0 Å². The van der Waals surface area contributed by atoms with Crippen molar-refractivity contribution < 1.29 is 0 Å². The maximum absolute atomic E-state index is 2.50. The molecule has 0 bridgehead atoms. The topological polar surface area (TPSA) is 0 Å². The summed E-state index contributed by atoms with van der Waals surface area (Å²) in [6.07, 6.45) is 0. The molecule has 0 aromatic carbocycles. The molecule has 0 aliphatic carbocycles. The van der Waals surface area contributed by atoms with Crippen molar-refractivity contribution in [2.45, 2.75) is 0 Å². The van der Waals surface area contributed by atoms with Gasteiger partial charge in [0.2, 0.25) is 0 Å². The van der Waals surface area contributed by atoms with Gasteiger partial charge in [-0.1, -0.05) is 0 Å². The molecule has 0 aromatic heterocycles. The summed E-state index contributed by atoms with van der Waals surface area (Å²) in [5.74, 6) is 0. The van der Waals surface area contributed by atoms with Gasteiger partial charge in [0.05, 0.1) is 0 Å². The van der Waals surface area contributed by atoms with Crippen LogP contribution < -0.4 is 0 Å². The van der Waals surface area contributed by atoms with Crippen LogP contribution in [0.15, 0.2) is 0 Å². The van der Waals surface area contributed by atoms with E-state index < -0.39 is 11.2 Å². The maximum atomic E-state index is 2.50. The van der Waals surface area contributed by atoms with E-state index in [1.807, 2.05) is 0 Å². The first-order valence-corrected chi connectivity index (χ1v) is 45.6. The first-order chi connectivity index (χ1) is 3.46. The Morgan fingerprint density at radius 2 is 0.500 bits per heavy atom. The van der Waals surface area contributed by atoms with Crippen LogP contribution in [0.25, 0.3) is 0 Å². The van der Waals surface area contributed by atoms with Crippen LogP contribution >= 0.6 is 118 Å². The van der Waals surface area contributed by atoms with Gasteiger partial charge >= 0.3 is 129 Å². The zero-order valence-corrected chi connectivity index (χ0v) is 21.2. The summed E-state index contributed by atoms with van der Waals surface area (Å²) in [5, 5.41) is 0. The molecule has 0 unspecified atom stereocenters. The van der Waals surface area contributed by atoms with E-state index in [4.69, 9.17) is 0 Å². The molecule has 0 atom stereocenters. The van der Waals surface area contributed by atoms with Crippen molar-refractivity contribution in [1.82, 2.24) is 0 Å². The third-order valence-corrected chi connectivity index (χ3v) is 0. The molecule has 0 fully saturated rings. The molecule has 0 N–H and O–H groups in total. The van der Waals surface area contributed by atoms with Gasteiger partial charge in [-0.2, -0.15) is 0 Å². The standard InChI is InChI=1S/2Ga.6HI/h;;6*1H/q2*+3;;;;;;/p-6. The molecule has 0 rings (SSSR count). The van der Waals surface area contributed by atoms with E-state index in [0.717, 1.165) is 0 Å². The first kappa shape index (κ1) is 16.1. The minimum absolute atomic E-state index is 0.569. The van der Waals surface area contributed by atoms with Gasteiger partial charge < -0.3 is 0 Å². The second kappa shape index (κ2) is 12.7. The van der Waals surface area contributed by atoms with Crippen LogP contribution in [0.3, 0.4) is 0 Å². The third kappa shape index (κ3) is 41.4. The van der Waals surface area contributed by atoms with Gasteiger partial charge in [-0.05, 0) is 0 Å². The molecule has 0 saturated heterocycles. The fraction of sp³-hybridized carbons (Fsp3) is 0. The number of halogens is 6. The fourth-order valence-corrected chi connectivity index (χ4v) is 0. The van der Waals surface area contributed by atoms with Crippen molar-refractivity contribution in [3.8, 4) is 0 Å². The Morgan fingerprint density at radius 1 is 0.500 bits per heavy atom. The van der Waals surface area contributed by atoms with Crippen LogP contribution in [0, 0.1) is 0 Å². The Hall–Kier alpha value is 5.65. The van der Waals surface area contributed by atoms with Crippen LogP contribution in [0.1, 0.15) is 0 Å². The van der Waals surface area contributed by atoms with Gasteiger partial charge in [0.15, 0.2) is 0 Å². The van der Waals surface area contributed by atoms with Gasteiger partial charge in [0, 0.05) is 0 Å². The Bertz CT molecular complexity index is 22.0. The van der Waals surface area contributed by atoms with E-state index in [2.05, 4.69) is 118 Å². The Morgan fingerprint density at radius 3 is 0.500 bits per heavy atom. The molecule has 0 amide bonds. The summed E-state index contributed by atoms with van der Waals surface area (Å²) in [6.45, 7) is 0. The predicted molar refractivity (Wildman–Crippen MR) is 95.6 cm³/mol. The van der Waals surface area contributed by atoms with E-state index in [1.165, 1.54) is 0 Å². The van der Waals surface area contributed by atoms with Crippen molar-refractivity contribution in [3.63, 3.8) is 0 Å². The van der Waals surface area contributed by atoms with E-state index in [9.17, 15) is 0 Å². The summed E-state index contributed by atoms with van der Waals surface area (Å²) >= 11 is 15.0. The van der Waals surface area contributed by atoms with Crippen LogP contribution in [0.2, 0.25) is 0 Å². The molecule has 48 valence electrons. The fourth-order valence-electron chi connectivity index (χ4n) is 0. The second-order valence-corrected chi connectivity index (χ2v) is 116. The zero-order valence-electron chi connectivity index (χ0n) is 3.42. The molecule has 0 nitrogen and oxygen atoms in total.